The van der Waals surface area contributed by atoms with Crippen LogP contribution in [0.15, 0.2) is 0 Å². The maximum absolute atomic E-state index is 12.4. The maximum Gasteiger partial charge on any atom is 0.409 e. The number of piperazine rings is 1. The number of ether oxygens (including phenoxy) is 1. The van der Waals surface area contributed by atoms with E-state index in [1.54, 1.807) is 4.90 Å². The number of nitrogens with one attached hydrogen (secondary N) is 1. The van der Waals surface area contributed by atoms with Gasteiger partial charge >= 0.3 is 6.09 Å². The molecule has 7 heteroatoms. The lowest BCUT2D eigenvalue weighted by atomic mass is 9.96. The monoisotopic (exact) mass is 382 g/mol. The normalized spacial score (nSPS) is 20.1. The first kappa shape index (κ1) is 22.0. The molecule has 2 heterocycles. The second-order valence-electron chi connectivity index (χ2n) is 8.15. The van der Waals surface area contributed by atoms with Gasteiger partial charge in [0.15, 0.2) is 0 Å². The van der Waals surface area contributed by atoms with E-state index in [2.05, 4.69) is 22.0 Å². The van der Waals surface area contributed by atoms with Crippen molar-refractivity contribution in [2.45, 2.75) is 40.0 Å². The molecule has 0 aromatic rings. The molecule has 2 fully saturated rings. The fourth-order valence-electron chi connectivity index (χ4n) is 3.64. The van der Waals surface area contributed by atoms with Gasteiger partial charge in [0.1, 0.15) is 0 Å². The summed E-state index contributed by atoms with van der Waals surface area (Å²) in [4.78, 5) is 31.0. The van der Waals surface area contributed by atoms with Crippen LogP contribution in [-0.4, -0.2) is 92.2 Å². The van der Waals surface area contributed by atoms with E-state index >= 15 is 0 Å². The van der Waals surface area contributed by atoms with Crippen molar-refractivity contribution in [2.24, 2.45) is 11.8 Å². The smallest absolute Gasteiger partial charge is 0.409 e. The van der Waals surface area contributed by atoms with Crippen LogP contribution in [0.1, 0.15) is 40.0 Å². The van der Waals surface area contributed by atoms with Gasteiger partial charge in [0.2, 0.25) is 5.91 Å². The molecule has 0 aliphatic carbocycles. The van der Waals surface area contributed by atoms with E-state index in [4.69, 9.17) is 4.74 Å². The van der Waals surface area contributed by atoms with Crippen LogP contribution in [-0.2, 0) is 9.53 Å². The Bertz CT molecular complexity index is 456. The highest BCUT2D eigenvalue weighted by atomic mass is 16.6. The van der Waals surface area contributed by atoms with Crippen LogP contribution >= 0.6 is 0 Å². The summed E-state index contributed by atoms with van der Waals surface area (Å²) in [6.45, 7) is 15.4. The van der Waals surface area contributed by atoms with Gasteiger partial charge in [-0.1, -0.05) is 20.8 Å². The highest BCUT2D eigenvalue weighted by molar-refractivity contribution is 5.79. The van der Waals surface area contributed by atoms with E-state index in [1.807, 2.05) is 13.8 Å². The van der Waals surface area contributed by atoms with E-state index in [0.29, 0.717) is 25.6 Å². The Morgan fingerprint density at radius 2 is 1.67 bits per heavy atom. The fraction of sp³-hybridized carbons (Fsp3) is 0.900. The number of hydrogen-bond donors (Lipinski definition) is 1. The van der Waals surface area contributed by atoms with Crippen molar-refractivity contribution in [1.82, 2.24) is 20.0 Å². The first-order valence-corrected chi connectivity index (χ1v) is 10.6. The number of carbonyl (C=O) groups is 2. The molecule has 27 heavy (non-hydrogen) atoms. The van der Waals surface area contributed by atoms with Crippen LogP contribution < -0.4 is 5.32 Å². The average Bonchev–Trinajstić information content (AvgIpc) is 2.69. The first-order valence-electron chi connectivity index (χ1n) is 10.6. The van der Waals surface area contributed by atoms with Crippen LogP contribution in [0.5, 0.6) is 0 Å². The van der Waals surface area contributed by atoms with Crippen molar-refractivity contribution in [1.29, 1.82) is 0 Å². The molecule has 0 saturated carbocycles. The van der Waals surface area contributed by atoms with Gasteiger partial charge in [0, 0.05) is 51.7 Å². The summed E-state index contributed by atoms with van der Waals surface area (Å²) in [6.07, 6.45) is 2.20. The van der Waals surface area contributed by atoms with Crippen LogP contribution in [0.25, 0.3) is 0 Å². The molecule has 2 saturated heterocycles. The molecule has 2 aliphatic rings. The van der Waals surface area contributed by atoms with E-state index in [1.165, 1.54) is 0 Å². The summed E-state index contributed by atoms with van der Waals surface area (Å²) in [7, 11) is 0. The average molecular weight is 383 g/mol. The fourth-order valence-corrected chi connectivity index (χ4v) is 3.64. The minimum absolute atomic E-state index is 0.0206. The Labute approximate surface area is 164 Å². The van der Waals surface area contributed by atoms with E-state index < -0.39 is 0 Å². The van der Waals surface area contributed by atoms with Crippen molar-refractivity contribution in [3.05, 3.63) is 0 Å². The molecular weight excluding hydrogens is 344 g/mol. The van der Waals surface area contributed by atoms with Crippen LogP contribution in [0, 0.1) is 11.8 Å². The lowest BCUT2D eigenvalue weighted by molar-refractivity contribution is -0.126. The molecule has 2 aliphatic heterocycles. The van der Waals surface area contributed by atoms with E-state index in [9.17, 15) is 9.59 Å². The molecule has 156 valence electrons. The number of hydrogen-bond acceptors (Lipinski definition) is 5. The summed E-state index contributed by atoms with van der Waals surface area (Å²) in [5, 5.41) is 3.09. The topological polar surface area (TPSA) is 65.1 Å². The molecular formula is C20H38N4O3. The molecule has 7 nitrogen and oxygen atoms in total. The summed E-state index contributed by atoms with van der Waals surface area (Å²) >= 11 is 0. The molecule has 0 aromatic heterocycles. The second kappa shape index (κ2) is 11.5. The Morgan fingerprint density at radius 3 is 2.26 bits per heavy atom. The second-order valence-corrected chi connectivity index (χ2v) is 8.15. The predicted molar refractivity (Wildman–Crippen MR) is 107 cm³/mol. The Kier molecular flexibility index (Phi) is 9.34. The summed E-state index contributed by atoms with van der Waals surface area (Å²) in [5.41, 5.74) is 0. The minimum Gasteiger partial charge on any atom is -0.449 e. The summed E-state index contributed by atoms with van der Waals surface area (Å²) in [6, 6.07) is 0. The molecule has 0 aromatic carbocycles. The van der Waals surface area contributed by atoms with Gasteiger partial charge in [-0.15, -0.1) is 0 Å². The lowest BCUT2D eigenvalue weighted by Crippen LogP contribution is -2.47. The molecule has 2 rings (SSSR count). The Balaban J connectivity index is 1.55. The van der Waals surface area contributed by atoms with Crippen molar-refractivity contribution in [2.75, 3.05) is 65.5 Å². The number of rotatable bonds is 8. The molecule has 1 N–H and O–H groups in total. The molecule has 0 bridgehead atoms. The summed E-state index contributed by atoms with van der Waals surface area (Å²) < 4.78 is 5.27. The van der Waals surface area contributed by atoms with Crippen molar-refractivity contribution < 1.29 is 14.3 Å². The quantitative estimate of drug-likeness (QED) is 0.647. The van der Waals surface area contributed by atoms with Crippen LogP contribution in [0.2, 0.25) is 0 Å². The SMILES string of the molecule is CCN1CCN(CCCNC(=O)C2CCN(C(=O)OCC(C)C)CC2)CC1. The third-order valence-electron chi connectivity index (χ3n) is 5.53. The van der Waals surface area contributed by atoms with E-state index in [-0.39, 0.29) is 17.9 Å². The van der Waals surface area contributed by atoms with Gasteiger partial charge in [0.25, 0.3) is 0 Å². The third-order valence-corrected chi connectivity index (χ3v) is 5.53. The van der Waals surface area contributed by atoms with Crippen molar-refractivity contribution >= 4 is 12.0 Å². The Morgan fingerprint density at radius 1 is 1.04 bits per heavy atom. The van der Waals surface area contributed by atoms with Crippen molar-refractivity contribution in [3.63, 3.8) is 0 Å². The standard InChI is InChI=1S/C20H38N4O3/c1-4-22-12-14-23(15-13-22)9-5-8-21-19(25)18-6-10-24(11-7-18)20(26)27-16-17(2)3/h17-18H,4-16H2,1-3H3,(H,21,25). The van der Waals surface area contributed by atoms with Gasteiger partial charge in [-0.05, 0) is 38.3 Å². The van der Waals surface area contributed by atoms with Gasteiger partial charge in [-0.25, -0.2) is 4.79 Å². The lowest BCUT2D eigenvalue weighted by Gasteiger charge is -2.34. The number of likely N-dealkylation sites (N-methyl/N-ethyl adjacent to an activating group) is 1. The van der Waals surface area contributed by atoms with Crippen LogP contribution in [0.4, 0.5) is 4.79 Å². The Hall–Kier alpha value is -1.34. The zero-order chi connectivity index (χ0) is 19.6. The highest BCUT2D eigenvalue weighted by Crippen LogP contribution is 2.18. The molecule has 0 atom stereocenters. The van der Waals surface area contributed by atoms with Crippen LogP contribution in [0.3, 0.4) is 0 Å². The van der Waals surface area contributed by atoms with Gasteiger partial charge < -0.3 is 24.8 Å². The zero-order valence-electron chi connectivity index (χ0n) is 17.4. The number of carbonyl (C=O) groups excluding carboxylic acids is 2. The van der Waals surface area contributed by atoms with Gasteiger partial charge in [-0.3, -0.25) is 4.79 Å². The molecule has 0 radical (unpaired) electrons. The first-order chi connectivity index (χ1) is 13.0. The highest BCUT2D eigenvalue weighted by Gasteiger charge is 2.28. The number of piperidine rings is 1. The molecule has 0 unspecified atom stereocenters. The molecule has 2 amide bonds. The predicted octanol–water partition coefficient (Wildman–Crippen LogP) is 1.63. The minimum atomic E-state index is -0.245. The third kappa shape index (κ3) is 7.66. The van der Waals surface area contributed by atoms with E-state index in [0.717, 1.165) is 65.1 Å². The van der Waals surface area contributed by atoms with Gasteiger partial charge in [0.05, 0.1) is 6.61 Å². The number of nitrogens with zero attached hydrogens (tertiary/aromatic N) is 3. The number of amides is 2. The zero-order valence-corrected chi connectivity index (χ0v) is 17.4. The summed E-state index contributed by atoms with van der Waals surface area (Å²) in [5.74, 6) is 0.501. The van der Waals surface area contributed by atoms with Gasteiger partial charge in [-0.2, -0.15) is 0 Å². The maximum atomic E-state index is 12.4. The largest absolute Gasteiger partial charge is 0.449 e. The molecule has 0 spiro atoms. The van der Waals surface area contributed by atoms with Crippen molar-refractivity contribution in [3.8, 4) is 0 Å². The number of likely N-dealkylation sites (tertiary alicyclic amines) is 1.